The summed E-state index contributed by atoms with van der Waals surface area (Å²) in [5.74, 6) is 0. The Labute approximate surface area is 78.1 Å². The van der Waals surface area contributed by atoms with Gasteiger partial charge in [-0.2, -0.15) is 0 Å². The Morgan fingerprint density at radius 2 is 0.917 bits per heavy atom. The van der Waals surface area contributed by atoms with Crippen molar-refractivity contribution in [2.75, 3.05) is 0 Å². The van der Waals surface area contributed by atoms with Gasteiger partial charge in [0.05, 0.1) is 0 Å². The molecule has 0 aromatic rings. The summed E-state index contributed by atoms with van der Waals surface area (Å²) in [6, 6.07) is 0. The molecular weight excluding hydrogens is 144 g/mol. The number of allylic oxidation sites excluding steroid dienone is 2. The van der Waals surface area contributed by atoms with Crippen LogP contribution in [0, 0.1) is 10.8 Å². The maximum Gasteiger partial charge on any atom is -0.0302 e. The molecule has 0 rings (SSSR count). The predicted molar refractivity (Wildman–Crippen MR) is 57.3 cm³/mol. The van der Waals surface area contributed by atoms with E-state index in [-0.39, 0.29) is 0 Å². The van der Waals surface area contributed by atoms with Crippen LogP contribution in [0.3, 0.4) is 0 Å². The van der Waals surface area contributed by atoms with Crippen molar-refractivity contribution in [3.8, 4) is 0 Å². The highest BCUT2D eigenvalue weighted by molar-refractivity contribution is 4.88. The lowest BCUT2D eigenvalue weighted by atomic mass is 9.89. The van der Waals surface area contributed by atoms with Crippen LogP contribution in [0.4, 0.5) is 0 Å². The van der Waals surface area contributed by atoms with E-state index >= 15 is 0 Å². The number of hydrogen-bond donors (Lipinski definition) is 0. The molecule has 0 fully saturated rings. The molecular formula is C12H24. The van der Waals surface area contributed by atoms with Crippen LogP contribution in [0.15, 0.2) is 12.2 Å². The Kier molecular flexibility index (Phi) is 4.02. The molecule has 0 spiro atoms. The van der Waals surface area contributed by atoms with Gasteiger partial charge < -0.3 is 0 Å². The molecule has 0 saturated heterocycles. The summed E-state index contributed by atoms with van der Waals surface area (Å²) >= 11 is 0. The van der Waals surface area contributed by atoms with Crippen LogP contribution in [0.2, 0.25) is 0 Å². The van der Waals surface area contributed by atoms with Crippen molar-refractivity contribution in [3.63, 3.8) is 0 Å². The zero-order valence-electron chi connectivity index (χ0n) is 9.57. The van der Waals surface area contributed by atoms with Crippen molar-refractivity contribution in [1.82, 2.24) is 0 Å². The van der Waals surface area contributed by atoms with E-state index in [2.05, 4.69) is 53.7 Å². The Hall–Kier alpha value is -0.260. The van der Waals surface area contributed by atoms with Crippen LogP contribution in [0.1, 0.15) is 54.4 Å². The van der Waals surface area contributed by atoms with Crippen molar-refractivity contribution >= 4 is 0 Å². The second kappa shape index (κ2) is 4.11. The quantitative estimate of drug-likeness (QED) is 0.536. The van der Waals surface area contributed by atoms with Crippen molar-refractivity contribution in [2.24, 2.45) is 10.8 Å². The Morgan fingerprint density at radius 3 is 1.08 bits per heavy atom. The second-order valence-electron chi connectivity index (χ2n) is 6.00. The van der Waals surface area contributed by atoms with E-state index in [0.29, 0.717) is 10.8 Å². The fraction of sp³-hybridized carbons (Fsp3) is 0.833. The van der Waals surface area contributed by atoms with Gasteiger partial charge in [-0.1, -0.05) is 53.7 Å². The third-order valence-corrected chi connectivity index (χ3v) is 1.63. The molecule has 0 unspecified atom stereocenters. The average molecular weight is 168 g/mol. The number of hydrogen-bond acceptors (Lipinski definition) is 0. The first-order valence-electron chi connectivity index (χ1n) is 4.86. The van der Waals surface area contributed by atoms with Crippen molar-refractivity contribution < 1.29 is 0 Å². The van der Waals surface area contributed by atoms with Crippen LogP contribution < -0.4 is 0 Å². The van der Waals surface area contributed by atoms with Gasteiger partial charge in [0.1, 0.15) is 0 Å². The Morgan fingerprint density at radius 1 is 0.667 bits per heavy atom. The Bertz CT molecular complexity index is 120. The third-order valence-electron chi connectivity index (χ3n) is 1.63. The minimum atomic E-state index is 0.439. The van der Waals surface area contributed by atoms with Gasteiger partial charge in [-0.05, 0) is 23.7 Å². The van der Waals surface area contributed by atoms with Gasteiger partial charge in [-0.15, -0.1) is 0 Å². The highest BCUT2D eigenvalue weighted by atomic mass is 14.1. The lowest BCUT2D eigenvalue weighted by Crippen LogP contribution is -2.04. The van der Waals surface area contributed by atoms with Gasteiger partial charge in [0.25, 0.3) is 0 Å². The molecule has 0 nitrogen and oxygen atoms in total. The molecule has 0 aromatic heterocycles. The minimum Gasteiger partial charge on any atom is -0.0880 e. The maximum atomic E-state index is 2.31. The smallest absolute Gasteiger partial charge is 0.0302 e. The summed E-state index contributed by atoms with van der Waals surface area (Å²) in [5, 5.41) is 0. The Balaban J connectivity index is 3.66. The molecule has 0 heterocycles. The van der Waals surface area contributed by atoms with E-state index in [9.17, 15) is 0 Å². The van der Waals surface area contributed by atoms with Gasteiger partial charge in [0, 0.05) is 0 Å². The number of rotatable bonds is 2. The van der Waals surface area contributed by atoms with Crippen LogP contribution in [0.25, 0.3) is 0 Å². The predicted octanol–water partition coefficient (Wildman–Crippen LogP) is 4.42. The minimum absolute atomic E-state index is 0.439. The maximum absolute atomic E-state index is 2.31. The average Bonchev–Trinajstić information content (AvgIpc) is 1.76. The standard InChI is InChI=1S/C12H24/c1-11(2,3)9-7-8-10-12(4,5)6/h7-8H,9-10H2,1-6H3. The summed E-state index contributed by atoms with van der Waals surface area (Å²) < 4.78 is 0. The summed E-state index contributed by atoms with van der Waals surface area (Å²) in [7, 11) is 0. The van der Waals surface area contributed by atoms with Crippen molar-refractivity contribution in [2.45, 2.75) is 54.4 Å². The first-order chi connectivity index (χ1) is 5.21. The zero-order valence-corrected chi connectivity index (χ0v) is 9.57. The van der Waals surface area contributed by atoms with Gasteiger partial charge in [-0.25, -0.2) is 0 Å². The van der Waals surface area contributed by atoms with E-state index < -0.39 is 0 Å². The summed E-state index contributed by atoms with van der Waals surface area (Å²) in [4.78, 5) is 0. The van der Waals surface area contributed by atoms with Gasteiger partial charge in [-0.3, -0.25) is 0 Å². The largest absolute Gasteiger partial charge is 0.0880 e. The molecule has 0 aromatic carbocycles. The first kappa shape index (κ1) is 11.7. The van der Waals surface area contributed by atoms with E-state index in [1.54, 1.807) is 0 Å². The molecule has 72 valence electrons. The molecule has 0 bridgehead atoms. The monoisotopic (exact) mass is 168 g/mol. The molecule has 0 amide bonds. The molecule has 0 heteroatoms. The lowest BCUT2D eigenvalue weighted by Gasteiger charge is -2.17. The molecule has 0 radical (unpaired) electrons. The van der Waals surface area contributed by atoms with E-state index in [1.807, 2.05) is 0 Å². The van der Waals surface area contributed by atoms with Gasteiger partial charge >= 0.3 is 0 Å². The molecule has 0 N–H and O–H groups in total. The van der Waals surface area contributed by atoms with Crippen LogP contribution in [-0.2, 0) is 0 Å². The highest BCUT2D eigenvalue weighted by Crippen LogP contribution is 2.22. The molecule has 12 heavy (non-hydrogen) atoms. The molecule has 0 aliphatic rings. The summed E-state index contributed by atoms with van der Waals surface area (Å²) in [5.41, 5.74) is 0.878. The molecule has 0 atom stereocenters. The van der Waals surface area contributed by atoms with E-state index in [1.165, 1.54) is 12.8 Å². The van der Waals surface area contributed by atoms with Crippen molar-refractivity contribution in [1.29, 1.82) is 0 Å². The first-order valence-corrected chi connectivity index (χ1v) is 4.86. The molecule has 0 aliphatic heterocycles. The van der Waals surface area contributed by atoms with Crippen LogP contribution in [0.5, 0.6) is 0 Å². The zero-order chi connectivity index (χ0) is 9.83. The van der Waals surface area contributed by atoms with Crippen LogP contribution in [-0.4, -0.2) is 0 Å². The fourth-order valence-electron chi connectivity index (χ4n) is 0.874. The summed E-state index contributed by atoms with van der Waals surface area (Å²) in [6.07, 6.45) is 6.99. The third kappa shape index (κ3) is 9.74. The van der Waals surface area contributed by atoms with Crippen LogP contribution >= 0.6 is 0 Å². The lowest BCUT2D eigenvalue weighted by molar-refractivity contribution is 0.408. The SMILES string of the molecule is CC(C)(C)CC=CCC(C)(C)C. The second-order valence-corrected chi connectivity index (χ2v) is 6.00. The van der Waals surface area contributed by atoms with Crippen molar-refractivity contribution in [3.05, 3.63) is 12.2 Å². The van der Waals surface area contributed by atoms with Gasteiger partial charge in [0.2, 0.25) is 0 Å². The molecule has 0 aliphatic carbocycles. The highest BCUT2D eigenvalue weighted by Gasteiger charge is 2.08. The van der Waals surface area contributed by atoms with E-state index in [4.69, 9.17) is 0 Å². The normalized spacial score (nSPS) is 14.2. The summed E-state index contributed by atoms with van der Waals surface area (Å²) in [6.45, 7) is 13.6. The van der Waals surface area contributed by atoms with E-state index in [0.717, 1.165) is 0 Å². The molecule has 0 saturated carbocycles. The van der Waals surface area contributed by atoms with Gasteiger partial charge in [0.15, 0.2) is 0 Å². The topological polar surface area (TPSA) is 0 Å². The fourth-order valence-corrected chi connectivity index (χ4v) is 0.874.